The molecule has 1 atom stereocenters. The van der Waals surface area contributed by atoms with E-state index in [1.807, 2.05) is 24.3 Å². The normalized spacial score (nSPS) is 14.3. The Morgan fingerprint density at radius 1 is 0.442 bits per heavy atom. The van der Waals surface area contributed by atoms with Gasteiger partial charge in [0.2, 0.25) is 0 Å². The molecule has 9 aromatic rings. The van der Waals surface area contributed by atoms with Crippen LogP contribution in [0.25, 0.3) is 71.4 Å². The second-order valence-corrected chi connectivity index (χ2v) is 13.3. The maximum absolute atomic E-state index is 5.21. The highest BCUT2D eigenvalue weighted by Crippen LogP contribution is 2.36. The highest BCUT2D eigenvalue weighted by atomic mass is 15.1. The Balaban J connectivity index is 1.03. The predicted octanol–water partition coefficient (Wildman–Crippen LogP) is 11.6. The number of allylic oxidation sites excluding steroid dienone is 1. The molecular formula is C48H32N4. The summed E-state index contributed by atoms with van der Waals surface area (Å²) in [5.74, 6) is 0. The molecule has 0 radical (unpaired) electrons. The highest BCUT2D eigenvalue weighted by Gasteiger charge is 2.21. The molecule has 0 saturated carbocycles. The molecule has 0 spiro atoms. The molecule has 4 nitrogen and oxygen atoms in total. The van der Waals surface area contributed by atoms with Gasteiger partial charge in [0.1, 0.15) is 0 Å². The zero-order valence-electron chi connectivity index (χ0n) is 28.2. The van der Waals surface area contributed by atoms with E-state index in [1.54, 1.807) is 0 Å². The molecule has 10 rings (SSSR count). The second kappa shape index (κ2) is 12.4. The number of hydrogen-bond donors (Lipinski definition) is 1. The Kier molecular flexibility index (Phi) is 7.17. The van der Waals surface area contributed by atoms with E-state index in [1.165, 1.54) is 27.1 Å². The summed E-state index contributed by atoms with van der Waals surface area (Å²) in [4.78, 5) is 15.5. The van der Waals surface area contributed by atoms with Crippen LogP contribution in [0.2, 0.25) is 0 Å². The third kappa shape index (κ3) is 5.38. The molecule has 1 N–H and O–H groups in total. The minimum atomic E-state index is -0.341. The summed E-state index contributed by atoms with van der Waals surface area (Å²) >= 11 is 0. The van der Waals surface area contributed by atoms with Crippen LogP contribution >= 0.6 is 0 Å². The van der Waals surface area contributed by atoms with Crippen molar-refractivity contribution in [1.29, 1.82) is 0 Å². The number of pyridine rings is 2. The molecule has 1 aliphatic heterocycles. The number of rotatable bonds is 5. The summed E-state index contributed by atoms with van der Waals surface area (Å²) in [7, 11) is 0. The van der Waals surface area contributed by atoms with Crippen molar-refractivity contribution < 1.29 is 0 Å². The maximum Gasteiger partial charge on any atom is 0.162 e. The van der Waals surface area contributed by atoms with E-state index in [4.69, 9.17) is 15.0 Å². The van der Waals surface area contributed by atoms with Crippen LogP contribution in [-0.2, 0) is 0 Å². The Labute approximate surface area is 301 Å². The molecule has 2 aromatic heterocycles. The number of aliphatic imine (C=N–C) groups is 1. The third-order valence-electron chi connectivity index (χ3n) is 10.1. The van der Waals surface area contributed by atoms with E-state index in [2.05, 4.69) is 163 Å². The van der Waals surface area contributed by atoms with Crippen LogP contribution in [-0.4, -0.2) is 15.7 Å². The number of aromatic nitrogens is 2. The van der Waals surface area contributed by atoms with Crippen LogP contribution in [0.3, 0.4) is 0 Å². The summed E-state index contributed by atoms with van der Waals surface area (Å²) < 4.78 is 0. The first-order chi connectivity index (χ1) is 25.7. The molecule has 0 amide bonds. The fourth-order valence-corrected chi connectivity index (χ4v) is 7.42. The first-order valence-electron chi connectivity index (χ1n) is 17.6. The Morgan fingerprint density at radius 2 is 1.08 bits per heavy atom. The monoisotopic (exact) mass is 664 g/mol. The van der Waals surface area contributed by atoms with Crippen LogP contribution in [0.1, 0.15) is 23.0 Å². The average Bonchev–Trinajstić information content (AvgIpc) is 3.23. The van der Waals surface area contributed by atoms with Crippen molar-refractivity contribution in [1.82, 2.24) is 15.3 Å². The lowest BCUT2D eigenvalue weighted by Gasteiger charge is -2.24. The summed E-state index contributed by atoms with van der Waals surface area (Å²) in [6.07, 6.45) is 1.78. The molecule has 0 bridgehead atoms. The SMILES string of the molecule is C1=C(c2ccccc2)NC(c2ccc3ccc(-c4ccc5ccc(-c6cccc7ccc8ccccc8c67)cc5n4)cc3n2)N=C1c1ccccc1. The largest absolute Gasteiger partial charge is 0.358 e. The molecule has 0 aliphatic carbocycles. The Morgan fingerprint density at radius 3 is 1.92 bits per heavy atom. The van der Waals surface area contributed by atoms with Crippen molar-refractivity contribution in [3.05, 3.63) is 199 Å². The number of benzene rings is 7. The predicted molar refractivity (Wildman–Crippen MR) is 216 cm³/mol. The topological polar surface area (TPSA) is 50.2 Å². The van der Waals surface area contributed by atoms with Crippen molar-refractivity contribution >= 4 is 54.8 Å². The summed E-state index contributed by atoms with van der Waals surface area (Å²) in [6.45, 7) is 0. The van der Waals surface area contributed by atoms with Gasteiger partial charge in [-0.25, -0.2) is 9.97 Å². The van der Waals surface area contributed by atoms with Crippen LogP contribution in [0, 0.1) is 0 Å². The van der Waals surface area contributed by atoms with Gasteiger partial charge >= 0.3 is 0 Å². The smallest absolute Gasteiger partial charge is 0.162 e. The van der Waals surface area contributed by atoms with Crippen molar-refractivity contribution in [3.8, 4) is 22.4 Å². The quantitative estimate of drug-likeness (QED) is 0.186. The summed E-state index contributed by atoms with van der Waals surface area (Å²) in [5, 5.41) is 10.8. The summed E-state index contributed by atoms with van der Waals surface area (Å²) in [6, 6.07) is 61.8. The van der Waals surface area contributed by atoms with E-state index in [9.17, 15) is 0 Å². The maximum atomic E-state index is 5.21. The lowest BCUT2D eigenvalue weighted by atomic mass is 9.93. The van der Waals surface area contributed by atoms with Crippen molar-refractivity contribution in [2.45, 2.75) is 6.17 Å². The fourth-order valence-electron chi connectivity index (χ4n) is 7.42. The molecule has 1 unspecified atom stereocenters. The van der Waals surface area contributed by atoms with Gasteiger partial charge in [0.15, 0.2) is 6.17 Å². The lowest BCUT2D eigenvalue weighted by Crippen LogP contribution is -2.25. The average molecular weight is 665 g/mol. The van der Waals surface area contributed by atoms with Crippen LogP contribution in [0.15, 0.2) is 187 Å². The molecule has 3 heterocycles. The Hall–Kier alpha value is -6.91. The van der Waals surface area contributed by atoms with Gasteiger partial charge in [-0.2, -0.15) is 0 Å². The molecule has 4 heteroatoms. The van der Waals surface area contributed by atoms with Crippen molar-refractivity contribution in [2.24, 2.45) is 4.99 Å². The van der Waals surface area contributed by atoms with Gasteiger partial charge in [0, 0.05) is 22.0 Å². The molecule has 244 valence electrons. The molecule has 0 saturated heterocycles. The second-order valence-electron chi connectivity index (χ2n) is 13.3. The van der Waals surface area contributed by atoms with Gasteiger partial charge in [0.25, 0.3) is 0 Å². The molecular weight excluding hydrogens is 633 g/mol. The number of hydrogen-bond acceptors (Lipinski definition) is 4. The van der Waals surface area contributed by atoms with Crippen LogP contribution in [0.5, 0.6) is 0 Å². The van der Waals surface area contributed by atoms with E-state index in [-0.39, 0.29) is 6.17 Å². The lowest BCUT2D eigenvalue weighted by molar-refractivity contribution is 0.646. The highest BCUT2D eigenvalue weighted by molar-refractivity contribution is 6.15. The van der Waals surface area contributed by atoms with Crippen LogP contribution in [0.4, 0.5) is 0 Å². The third-order valence-corrected chi connectivity index (χ3v) is 10.1. The first-order valence-corrected chi connectivity index (χ1v) is 17.6. The van der Waals surface area contributed by atoms with E-state index >= 15 is 0 Å². The Bertz CT molecular complexity index is 2870. The first kappa shape index (κ1) is 30.0. The molecule has 52 heavy (non-hydrogen) atoms. The zero-order chi connectivity index (χ0) is 34.4. The van der Waals surface area contributed by atoms with Crippen molar-refractivity contribution in [3.63, 3.8) is 0 Å². The van der Waals surface area contributed by atoms with Gasteiger partial charge in [-0.1, -0.05) is 152 Å². The number of nitrogens with zero attached hydrogens (tertiary/aromatic N) is 3. The van der Waals surface area contributed by atoms with Gasteiger partial charge in [0.05, 0.1) is 28.1 Å². The standard InChI is InChI=1S/C48H32N4/c1-3-11-32(12-4-1)45-30-46(33-13-5-2-6-14-33)52-48(51-45)42-27-25-35-20-23-38(29-44(35)50-42)41-26-24-34-19-22-37(28-43(34)49-41)40-17-9-15-36-21-18-31-10-7-8-16-39(31)47(36)40/h1-30,48,51H. The van der Waals surface area contributed by atoms with E-state index in [0.29, 0.717) is 0 Å². The van der Waals surface area contributed by atoms with Gasteiger partial charge < -0.3 is 5.32 Å². The van der Waals surface area contributed by atoms with E-state index < -0.39 is 0 Å². The van der Waals surface area contributed by atoms with Crippen molar-refractivity contribution in [2.75, 3.05) is 0 Å². The van der Waals surface area contributed by atoms with Gasteiger partial charge in [-0.05, 0) is 74.1 Å². The molecule has 0 fully saturated rings. The number of fused-ring (bicyclic) bond motifs is 5. The van der Waals surface area contributed by atoms with Crippen LogP contribution < -0.4 is 5.32 Å². The molecule has 1 aliphatic rings. The zero-order valence-corrected chi connectivity index (χ0v) is 28.2. The molecule has 7 aromatic carbocycles. The minimum absolute atomic E-state index is 0.341. The minimum Gasteiger partial charge on any atom is -0.358 e. The van der Waals surface area contributed by atoms with E-state index in [0.717, 1.165) is 66.9 Å². The summed E-state index contributed by atoms with van der Waals surface area (Å²) in [5.41, 5.74) is 11.2. The number of nitrogens with one attached hydrogen (secondary N) is 1. The van der Waals surface area contributed by atoms with Gasteiger partial charge in [-0.3, -0.25) is 4.99 Å². The fraction of sp³-hybridized carbons (Fsp3) is 0.0208. The van der Waals surface area contributed by atoms with Gasteiger partial charge in [-0.15, -0.1) is 0 Å².